The number of allylic oxidation sites excluding steroid dienone is 4. The molecule has 3 saturated carbocycles. The third-order valence-corrected chi connectivity index (χ3v) is 9.12. The number of fused-ring (bicyclic) bond motifs is 5. The van der Waals surface area contributed by atoms with E-state index in [-0.39, 0.29) is 48.0 Å². The van der Waals surface area contributed by atoms with Crippen molar-refractivity contribution in [1.29, 1.82) is 0 Å². The van der Waals surface area contributed by atoms with E-state index >= 15 is 0 Å². The molecular formula is C23H29ClO6. The molecule has 3 fully saturated rings. The molecule has 0 aliphatic heterocycles. The van der Waals surface area contributed by atoms with Crippen LogP contribution in [0.1, 0.15) is 46.0 Å². The third kappa shape index (κ3) is 2.63. The molecule has 4 aliphatic carbocycles. The molecule has 0 saturated heterocycles. The molecule has 0 heterocycles. The number of Topliss-reactive ketones (excluding diaryl/α,β-unsaturated/α-hetero) is 2. The number of halogens is 1. The van der Waals surface area contributed by atoms with Crippen LogP contribution in [0.5, 0.6) is 0 Å². The van der Waals surface area contributed by atoms with Crippen LogP contribution in [0, 0.1) is 28.6 Å². The van der Waals surface area contributed by atoms with Gasteiger partial charge in [0.15, 0.2) is 17.3 Å². The summed E-state index contributed by atoms with van der Waals surface area (Å²) in [5.41, 5.74) is -2.10. The zero-order chi connectivity index (χ0) is 22.1. The number of alkyl halides is 1. The molecule has 4 rings (SSSR count). The minimum Gasteiger partial charge on any atom is -0.393 e. The van der Waals surface area contributed by atoms with Gasteiger partial charge in [-0.3, -0.25) is 14.4 Å². The van der Waals surface area contributed by atoms with Crippen molar-refractivity contribution in [2.45, 2.75) is 57.7 Å². The van der Waals surface area contributed by atoms with E-state index in [0.29, 0.717) is 24.8 Å². The Balaban J connectivity index is 1.80. The van der Waals surface area contributed by atoms with Crippen molar-refractivity contribution in [3.63, 3.8) is 0 Å². The SMILES string of the molecule is C[C@@]12C(=CC(=O)C=C1C(=O)CCl)CC[C@@H]1[C@@H]2C(O)C[C@@]2(C)[C@H]1CC[C@]2(O)C(=O)CO. The number of hydrogen-bond donors (Lipinski definition) is 3. The molecule has 0 radical (unpaired) electrons. The predicted octanol–water partition coefficient (Wildman–Crippen LogP) is 1.74. The normalized spacial score (nSPS) is 45.1. The van der Waals surface area contributed by atoms with Gasteiger partial charge >= 0.3 is 0 Å². The summed E-state index contributed by atoms with van der Waals surface area (Å²) in [5, 5.41) is 32.1. The van der Waals surface area contributed by atoms with E-state index in [1.54, 1.807) is 6.08 Å². The smallest absolute Gasteiger partial charge is 0.190 e. The number of aliphatic hydroxyl groups excluding tert-OH is 2. The maximum absolute atomic E-state index is 12.7. The molecule has 7 atom stereocenters. The standard InChI is InChI=1S/C23H29ClO6/c1-21-9-17(27)20-14(15(21)5-6-23(21,30)19(29)11-25)4-3-12-7-13(26)8-16(18(28)10-24)22(12,20)2/h7-8,14-15,17,20,25,27,30H,3-6,9-11H2,1-2H3/t14-,15-,17?,20+,21-,22+,23-/m0/s1. The second-order valence-corrected chi connectivity index (χ2v) is 10.2. The summed E-state index contributed by atoms with van der Waals surface area (Å²) in [6, 6.07) is 0. The molecule has 164 valence electrons. The fourth-order valence-corrected chi connectivity index (χ4v) is 7.62. The van der Waals surface area contributed by atoms with Crippen molar-refractivity contribution in [3.05, 3.63) is 23.3 Å². The fourth-order valence-electron chi connectivity index (χ4n) is 7.48. The highest BCUT2D eigenvalue weighted by atomic mass is 35.5. The van der Waals surface area contributed by atoms with Gasteiger partial charge in [-0.2, -0.15) is 0 Å². The van der Waals surface area contributed by atoms with Gasteiger partial charge in [-0.1, -0.05) is 19.4 Å². The molecule has 30 heavy (non-hydrogen) atoms. The van der Waals surface area contributed by atoms with Gasteiger partial charge in [-0.05, 0) is 56.1 Å². The van der Waals surface area contributed by atoms with Crippen molar-refractivity contribution in [3.8, 4) is 0 Å². The van der Waals surface area contributed by atoms with E-state index in [1.807, 2.05) is 13.8 Å². The summed E-state index contributed by atoms with van der Waals surface area (Å²) < 4.78 is 0. The summed E-state index contributed by atoms with van der Waals surface area (Å²) in [6.07, 6.45) is 4.46. The maximum atomic E-state index is 12.7. The van der Waals surface area contributed by atoms with Gasteiger partial charge in [0.1, 0.15) is 12.2 Å². The molecule has 7 heteroatoms. The second kappa shape index (κ2) is 7.09. The average Bonchev–Trinajstić information content (AvgIpc) is 2.97. The number of rotatable bonds is 4. The van der Waals surface area contributed by atoms with Gasteiger partial charge in [0.2, 0.25) is 0 Å². The molecule has 0 bridgehead atoms. The molecule has 6 nitrogen and oxygen atoms in total. The molecule has 1 unspecified atom stereocenters. The lowest BCUT2D eigenvalue weighted by atomic mass is 9.44. The van der Waals surface area contributed by atoms with Gasteiger partial charge in [0, 0.05) is 22.3 Å². The van der Waals surface area contributed by atoms with Crippen LogP contribution in [0.15, 0.2) is 23.3 Å². The first-order chi connectivity index (χ1) is 14.0. The minimum absolute atomic E-state index is 0.0267. The lowest BCUT2D eigenvalue weighted by Crippen LogP contribution is -2.62. The number of ketones is 3. The summed E-state index contributed by atoms with van der Waals surface area (Å²) >= 11 is 5.86. The lowest BCUT2D eigenvalue weighted by Gasteiger charge is -2.60. The molecule has 0 spiro atoms. The van der Waals surface area contributed by atoms with Crippen LogP contribution < -0.4 is 0 Å². The Labute approximate surface area is 181 Å². The zero-order valence-corrected chi connectivity index (χ0v) is 18.1. The van der Waals surface area contributed by atoms with Crippen LogP contribution in [-0.4, -0.2) is 56.9 Å². The van der Waals surface area contributed by atoms with E-state index < -0.39 is 34.9 Å². The largest absolute Gasteiger partial charge is 0.393 e. The first-order valence-electron chi connectivity index (χ1n) is 10.7. The molecule has 0 amide bonds. The Morgan fingerprint density at radius 3 is 2.57 bits per heavy atom. The molecule has 0 aromatic heterocycles. The summed E-state index contributed by atoms with van der Waals surface area (Å²) in [7, 11) is 0. The highest BCUT2D eigenvalue weighted by Gasteiger charge is 2.68. The fraction of sp³-hybridized carbons (Fsp3) is 0.696. The van der Waals surface area contributed by atoms with E-state index in [9.17, 15) is 29.7 Å². The number of aliphatic hydroxyl groups is 3. The van der Waals surface area contributed by atoms with Gasteiger partial charge in [0.05, 0.1) is 12.0 Å². The van der Waals surface area contributed by atoms with E-state index in [4.69, 9.17) is 11.6 Å². The third-order valence-electron chi connectivity index (χ3n) is 8.88. The van der Waals surface area contributed by atoms with Crippen LogP contribution in [0.25, 0.3) is 0 Å². The Morgan fingerprint density at radius 2 is 1.93 bits per heavy atom. The first kappa shape index (κ1) is 21.9. The Morgan fingerprint density at radius 1 is 1.23 bits per heavy atom. The van der Waals surface area contributed by atoms with E-state index in [1.165, 1.54) is 6.08 Å². The molecular weight excluding hydrogens is 408 g/mol. The minimum atomic E-state index is -1.66. The summed E-state index contributed by atoms with van der Waals surface area (Å²) in [4.78, 5) is 37.4. The van der Waals surface area contributed by atoms with Crippen LogP contribution in [-0.2, 0) is 14.4 Å². The maximum Gasteiger partial charge on any atom is 0.190 e. The van der Waals surface area contributed by atoms with Crippen molar-refractivity contribution in [2.75, 3.05) is 12.5 Å². The predicted molar refractivity (Wildman–Crippen MR) is 110 cm³/mol. The molecule has 3 N–H and O–H groups in total. The summed E-state index contributed by atoms with van der Waals surface area (Å²) in [5.74, 6) is -1.74. The highest BCUT2D eigenvalue weighted by Crippen LogP contribution is 2.68. The van der Waals surface area contributed by atoms with Crippen molar-refractivity contribution >= 4 is 29.0 Å². The quantitative estimate of drug-likeness (QED) is 0.579. The van der Waals surface area contributed by atoms with Crippen LogP contribution in [0.3, 0.4) is 0 Å². The topological polar surface area (TPSA) is 112 Å². The molecule has 0 aromatic rings. The Kier molecular flexibility index (Phi) is 5.17. The monoisotopic (exact) mass is 436 g/mol. The first-order valence-corrected chi connectivity index (χ1v) is 11.2. The lowest BCUT2D eigenvalue weighted by molar-refractivity contribution is -0.179. The number of carbonyl (C=O) groups is 3. The second-order valence-electron chi connectivity index (χ2n) is 9.89. The van der Waals surface area contributed by atoms with Gasteiger partial charge in [-0.15, -0.1) is 11.6 Å². The highest BCUT2D eigenvalue weighted by molar-refractivity contribution is 6.31. The average molecular weight is 437 g/mol. The van der Waals surface area contributed by atoms with Crippen LogP contribution in [0.4, 0.5) is 0 Å². The Hall–Kier alpha value is -1.34. The van der Waals surface area contributed by atoms with E-state index in [2.05, 4.69) is 0 Å². The van der Waals surface area contributed by atoms with Gasteiger partial charge < -0.3 is 15.3 Å². The zero-order valence-electron chi connectivity index (χ0n) is 17.4. The number of hydrogen-bond acceptors (Lipinski definition) is 6. The number of carbonyl (C=O) groups excluding carboxylic acids is 3. The molecule has 4 aliphatic rings. The van der Waals surface area contributed by atoms with Crippen molar-refractivity contribution in [1.82, 2.24) is 0 Å². The molecule has 0 aromatic carbocycles. The van der Waals surface area contributed by atoms with Crippen LogP contribution in [0.2, 0.25) is 0 Å². The van der Waals surface area contributed by atoms with Gasteiger partial charge in [0.25, 0.3) is 0 Å². The Bertz CT molecular complexity index is 877. The van der Waals surface area contributed by atoms with Crippen molar-refractivity contribution in [2.24, 2.45) is 28.6 Å². The van der Waals surface area contributed by atoms with Crippen molar-refractivity contribution < 1.29 is 29.7 Å². The summed E-state index contributed by atoms with van der Waals surface area (Å²) in [6.45, 7) is 3.04. The van der Waals surface area contributed by atoms with Crippen LogP contribution >= 0.6 is 11.6 Å². The van der Waals surface area contributed by atoms with E-state index in [0.717, 1.165) is 5.57 Å². The van der Waals surface area contributed by atoms with Gasteiger partial charge in [-0.25, -0.2) is 0 Å².